The summed E-state index contributed by atoms with van der Waals surface area (Å²) in [6, 6.07) is 89.3. The van der Waals surface area contributed by atoms with Crippen molar-refractivity contribution in [2.45, 2.75) is 0 Å². The molecule has 0 radical (unpaired) electrons. The molecule has 3 aromatic heterocycles. The van der Waals surface area contributed by atoms with E-state index < -0.39 is 8.07 Å². The van der Waals surface area contributed by atoms with Gasteiger partial charge in [-0.25, -0.2) is 0 Å². The second kappa shape index (κ2) is 14.5. The molecule has 0 unspecified atom stereocenters. The quantitative estimate of drug-likeness (QED) is 0.116. The van der Waals surface area contributed by atoms with E-state index >= 15 is 0 Å². The molecule has 0 aliphatic heterocycles. The minimum Gasteiger partial charge on any atom is -0.456 e. The van der Waals surface area contributed by atoms with Crippen molar-refractivity contribution < 1.29 is 4.42 Å². The van der Waals surface area contributed by atoms with Crippen LogP contribution in [0.2, 0.25) is 0 Å². The van der Waals surface area contributed by atoms with Gasteiger partial charge in [0.25, 0.3) is 0 Å². The van der Waals surface area contributed by atoms with Gasteiger partial charge in [0.15, 0.2) is 8.07 Å². The number of hydrogen-bond acceptors (Lipinski definition) is 1. The van der Waals surface area contributed by atoms with Crippen LogP contribution in [-0.4, -0.2) is 17.2 Å². The van der Waals surface area contributed by atoms with Gasteiger partial charge in [-0.2, -0.15) is 0 Å². The number of fused-ring (bicyclic) bond motifs is 9. The summed E-state index contributed by atoms with van der Waals surface area (Å²) in [5.41, 5.74) is 11.1. The lowest BCUT2D eigenvalue weighted by atomic mass is 9.98. The summed E-state index contributed by atoms with van der Waals surface area (Å²) >= 11 is 0. The van der Waals surface area contributed by atoms with E-state index in [0.29, 0.717) is 0 Å². The normalized spacial score (nSPS) is 12.1. The zero-order valence-corrected chi connectivity index (χ0v) is 35.9. The molecule has 10 aromatic carbocycles. The van der Waals surface area contributed by atoms with Crippen LogP contribution in [0.25, 0.3) is 88.1 Å². The maximum atomic E-state index is 6.31. The Hall–Kier alpha value is -8.18. The highest BCUT2D eigenvalue weighted by Gasteiger charge is 2.41. The lowest BCUT2D eigenvalue weighted by Gasteiger charge is -2.34. The summed E-state index contributed by atoms with van der Waals surface area (Å²) in [6.07, 6.45) is 0. The van der Waals surface area contributed by atoms with E-state index in [9.17, 15) is 0 Å². The van der Waals surface area contributed by atoms with Crippen molar-refractivity contribution in [2.24, 2.45) is 0 Å². The summed E-state index contributed by atoms with van der Waals surface area (Å²) in [7, 11) is -2.77. The van der Waals surface area contributed by atoms with Gasteiger partial charge < -0.3 is 13.6 Å². The summed E-state index contributed by atoms with van der Waals surface area (Å²) < 4.78 is 11.2. The zero-order valence-electron chi connectivity index (χ0n) is 34.9. The van der Waals surface area contributed by atoms with Crippen molar-refractivity contribution in [3.63, 3.8) is 0 Å². The smallest absolute Gasteiger partial charge is 0.179 e. The van der Waals surface area contributed by atoms with Crippen molar-refractivity contribution in [1.29, 1.82) is 0 Å². The van der Waals surface area contributed by atoms with Crippen molar-refractivity contribution in [3.8, 4) is 22.5 Å². The minimum absolute atomic E-state index is 0.906. The van der Waals surface area contributed by atoms with Gasteiger partial charge in [0, 0.05) is 43.7 Å². The first-order valence-electron chi connectivity index (χ1n) is 22.0. The average molecular weight is 833 g/mol. The monoisotopic (exact) mass is 832 g/mol. The number of nitrogens with zero attached hydrogens (tertiary/aromatic N) is 2. The topological polar surface area (TPSA) is 23.0 Å². The van der Waals surface area contributed by atoms with Gasteiger partial charge in [0.05, 0.1) is 22.1 Å². The van der Waals surface area contributed by atoms with E-state index in [1.807, 2.05) is 6.07 Å². The molecule has 0 fully saturated rings. The number of hydrogen-bond donors (Lipinski definition) is 0. The highest BCUT2D eigenvalue weighted by molar-refractivity contribution is 7.19. The van der Waals surface area contributed by atoms with Crippen LogP contribution in [0.3, 0.4) is 0 Å². The Morgan fingerprint density at radius 1 is 0.297 bits per heavy atom. The molecule has 3 nitrogen and oxygen atoms in total. The van der Waals surface area contributed by atoms with E-state index in [1.54, 1.807) is 0 Å². The Labute approximate surface area is 371 Å². The summed E-state index contributed by atoms with van der Waals surface area (Å²) in [5, 5.41) is 12.6. The third kappa shape index (κ3) is 5.39. The Morgan fingerprint density at radius 2 is 0.797 bits per heavy atom. The largest absolute Gasteiger partial charge is 0.456 e. The van der Waals surface area contributed by atoms with Crippen LogP contribution >= 0.6 is 0 Å². The van der Waals surface area contributed by atoms with Gasteiger partial charge in [0.2, 0.25) is 0 Å². The Morgan fingerprint density at radius 3 is 1.48 bits per heavy atom. The lowest BCUT2D eigenvalue weighted by molar-refractivity contribution is 0.669. The molecule has 0 atom stereocenters. The second-order valence-corrected chi connectivity index (χ2v) is 20.6. The number of aromatic nitrogens is 2. The maximum absolute atomic E-state index is 6.31. The van der Waals surface area contributed by atoms with E-state index in [1.165, 1.54) is 75.5 Å². The highest BCUT2D eigenvalue weighted by atomic mass is 28.3. The first kappa shape index (κ1) is 36.5. The third-order valence-corrected chi connectivity index (χ3v) is 18.2. The molecule has 0 N–H and O–H groups in total. The third-order valence-electron chi connectivity index (χ3n) is 13.5. The SMILES string of the molecule is c1ccc([Si](c2ccccc2)(c2ccccc2)c2cccc(-n3c4ccccc4c4ccc(-n5c6ccccc6c6cc(-c7cccc8oc9ccccc9c78)ccc65)cc43)c2)cc1. The Balaban J connectivity index is 1.03. The number of para-hydroxylation sites is 3. The summed E-state index contributed by atoms with van der Waals surface area (Å²) in [6.45, 7) is 0. The van der Waals surface area contributed by atoms with Gasteiger partial charge in [-0.3, -0.25) is 0 Å². The van der Waals surface area contributed by atoms with Gasteiger partial charge >= 0.3 is 0 Å². The lowest BCUT2D eigenvalue weighted by Crippen LogP contribution is -2.74. The van der Waals surface area contributed by atoms with Crippen molar-refractivity contribution in [1.82, 2.24) is 9.13 Å². The fraction of sp³-hybridized carbons (Fsp3) is 0. The second-order valence-electron chi connectivity index (χ2n) is 16.8. The highest BCUT2D eigenvalue weighted by Crippen LogP contribution is 2.41. The van der Waals surface area contributed by atoms with Gasteiger partial charge in [0.1, 0.15) is 11.2 Å². The van der Waals surface area contributed by atoms with Crippen LogP contribution in [0, 0.1) is 0 Å². The fourth-order valence-corrected chi connectivity index (χ4v) is 15.5. The van der Waals surface area contributed by atoms with E-state index in [2.05, 4.69) is 246 Å². The van der Waals surface area contributed by atoms with Crippen LogP contribution in [0.15, 0.2) is 247 Å². The first-order valence-corrected chi connectivity index (χ1v) is 24.0. The molecule has 0 bridgehead atoms. The molecule has 13 aromatic rings. The number of benzene rings is 10. The van der Waals surface area contributed by atoms with Crippen molar-refractivity contribution in [2.75, 3.05) is 0 Å². The molecule has 0 saturated carbocycles. The molecule has 13 rings (SSSR count). The zero-order chi connectivity index (χ0) is 42.2. The minimum atomic E-state index is -2.77. The van der Waals surface area contributed by atoms with Crippen LogP contribution in [0.1, 0.15) is 0 Å². The standard InChI is InChI=1S/C60H40N2OSi/c1-4-19-44(20-5-1)64(45-21-6-2-7-22-45,46-23-8-3-9-24-46)47-25-16-18-42(39-47)62-54-30-13-10-26-49(54)51-36-35-43(40-57(51)62)61-55-31-14-11-27-50(55)53-38-41(34-37-56(53)61)48-29-17-33-59-60(48)52-28-12-15-32-58(52)63-59/h1-40H. The molecule has 0 saturated heterocycles. The van der Waals surface area contributed by atoms with E-state index in [-0.39, 0.29) is 0 Å². The fourth-order valence-electron chi connectivity index (χ4n) is 10.8. The summed E-state index contributed by atoms with van der Waals surface area (Å²) in [5.74, 6) is 0. The van der Waals surface area contributed by atoms with Gasteiger partial charge in [-0.1, -0.05) is 182 Å². The van der Waals surface area contributed by atoms with Crippen molar-refractivity contribution >= 4 is 94.4 Å². The van der Waals surface area contributed by atoms with Crippen molar-refractivity contribution in [3.05, 3.63) is 243 Å². The van der Waals surface area contributed by atoms with E-state index in [0.717, 1.165) is 33.3 Å². The Bertz CT molecular complexity index is 3800. The van der Waals surface area contributed by atoms with Gasteiger partial charge in [-0.05, 0) is 92.5 Å². The van der Waals surface area contributed by atoms with Crippen LogP contribution in [0.4, 0.5) is 0 Å². The predicted octanol–water partition coefficient (Wildman–Crippen LogP) is 12.8. The summed E-state index contributed by atoms with van der Waals surface area (Å²) in [4.78, 5) is 0. The van der Waals surface area contributed by atoms with Crippen LogP contribution < -0.4 is 20.7 Å². The van der Waals surface area contributed by atoms with Crippen LogP contribution in [0.5, 0.6) is 0 Å². The molecule has 64 heavy (non-hydrogen) atoms. The molecular weight excluding hydrogens is 793 g/mol. The molecule has 3 heterocycles. The molecular formula is C60H40N2OSi. The number of rotatable bonds is 7. The molecule has 0 aliphatic rings. The molecule has 0 amide bonds. The van der Waals surface area contributed by atoms with Crippen LogP contribution in [-0.2, 0) is 0 Å². The number of furan rings is 1. The van der Waals surface area contributed by atoms with E-state index in [4.69, 9.17) is 4.42 Å². The first-order chi connectivity index (χ1) is 31.8. The average Bonchev–Trinajstić information content (AvgIpc) is 4.03. The molecule has 300 valence electrons. The molecule has 4 heteroatoms. The van der Waals surface area contributed by atoms with Gasteiger partial charge in [-0.15, -0.1) is 0 Å². The molecule has 0 spiro atoms. The predicted molar refractivity (Wildman–Crippen MR) is 271 cm³/mol. The Kier molecular flexibility index (Phi) is 8.23. The maximum Gasteiger partial charge on any atom is 0.179 e. The molecule has 0 aliphatic carbocycles.